The minimum absolute atomic E-state index is 0.0998. The fourth-order valence-corrected chi connectivity index (χ4v) is 2.54. The van der Waals surface area contributed by atoms with E-state index in [1.54, 1.807) is 6.07 Å². The molecule has 116 valence electrons. The number of rotatable bonds is 4. The van der Waals surface area contributed by atoms with Crippen LogP contribution in [0.5, 0.6) is 0 Å². The molecule has 1 fully saturated rings. The summed E-state index contributed by atoms with van der Waals surface area (Å²) < 4.78 is 18.4. The zero-order chi connectivity index (χ0) is 15.2. The monoisotopic (exact) mass is 296 g/mol. The number of carbonyl (C=O) groups is 1. The van der Waals surface area contributed by atoms with Crippen molar-refractivity contribution < 1.29 is 19.0 Å². The maximum absolute atomic E-state index is 13.1. The van der Waals surface area contributed by atoms with Crippen molar-refractivity contribution in [3.8, 4) is 0 Å². The van der Waals surface area contributed by atoms with Crippen LogP contribution in [-0.2, 0) is 4.74 Å². The van der Waals surface area contributed by atoms with Crippen molar-refractivity contribution in [3.05, 3.63) is 29.6 Å². The van der Waals surface area contributed by atoms with Crippen LogP contribution in [0.25, 0.3) is 0 Å². The number of ether oxygens (including phenoxy) is 1. The maximum atomic E-state index is 13.1. The molecule has 1 aliphatic rings. The smallest absolute Gasteiger partial charge is 0.407 e. The minimum Gasteiger partial charge on any atom is -0.446 e. The number of piperidine rings is 1. The van der Waals surface area contributed by atoms with Crippen molar-refractivity contribution >= 4 is 11.8 Å². The summed E-state index contributed by atoms with van der Waals surface area (Å²) in [5, 5.41) is 11.1. The number of carbonyl (C=O) groups excluding carboxylic acids is 1. The van der Waals surface area contributed by atoms with E-state index in [1.807, 2.05) is 6.92 Å². The number of nitrogens with one attached hydrogen (secondary N) is 1. The molecule has 6 heteroatoms. The quantitative estimate of drug-likeness (QED) is 0.890. The van der Waals surface area contributed by atoms with Crippen LogP contribution < -0.4 is 10.2 Å². The molecule has 2 N–H and O–H groups in total. The second-order valence-corrected chi connectivity index (χ2v) is 5.17. The molecule has 2 rings (SSSR count). The molecule has 0 aromatic heterocycles. The van der Waals surface area contributed by atoms with Gasteiger partial charge in [-0.2, -0.15) is 0 Å². The molecule has 0 radical (unpaired) electrons. The van der Waals surface area contributed by atoms with Crippen molar-refractivity contribution in [1.82, 2.24) is 5.32 Å². The molecule has 0 saturated carbocycles. The van der Waals surface area contributed by atoms with E-state index in [9.17, 15) is 9.18 Å². The lowest BCUT2D eigenvalue weighted by molar-refractivity contribution is 0.0819. The Bertz CT molecular complexity index is 488. The molecule has 1 amide bonds. The van der Waals surface area contributed by atoms with Gasteiger partial charge in [-0.05, 0) is 30.7 Å². The molecule has 0 unspecified atom stereocenters. The van der Waals surface area contributed by atoms with E-state index in [0.29, 0.717) is 0 Å². The third-order valence-electron chi connectivity index (χ3n) is 3.60. The lowest BCUT2D eigenvalue weighted by Crippen LogP contribution is -2.40. The van der Waals surface area contributed by atoms with E-state index in [2.05, 4.69) is 10.2 Å². The molecule has 1 heterocycles. The SMILES string of the molecule is Cc1cc(F)ccc1N1CCC(OC(=O)NCCO)CC1. The van der Waals surface area contributed by atoms with Gasteiger partial charge >= 0.3 is 6.09 Å². The molecule has 21 heavy (non-hydrogen) atoms. The van der Waals surface area contributed by atoms with Gasteiger partial charge in [0.15, 0.2) is 0 Å². The molecule has 0 spiro atoms. The fourth-order valence-electron chi connectivity index (χ4n) is 2.54. The molecule has 0 aliphatic carbocycles. The topological polar surface area (TPSA) is 61.8 Å². The number of benzene rings is 1. The van der Waals surface area contributed by atoms with Gasteiger partial charge in [0.05, 0.1) is 6.61 Å². The molecule has 1 aromatic rings. The zero-order valence-corrected chi connectivity index (χ0v) is 12.1. The summed E-state index contributed by atoms with van der Waals surface area (Å²) in [6.07, 6.45) is 0.883. The Kier molecular flexibility index (Phi) is 5.38. The van der Waals surface area contributed by atoms with Gasteiger partial charge < -0.3 is 20.1 Å². The molecule has 0 bridgehead atoms. The Morgan fingerprint density at radius 1 is 1.48 bits per heavy atom. The van der Waals surface area contributed by atoms with Gasteiger partial charge in [0, 0.05) is 38.2 Å². The first kappa shape index (κ1) is 15.6. The largest absolute Gasteiger partial charge is 0.446 e. The van der Waals surface area contributed by atoms with E-state index < -0.39 is 6.09 Å². The van der Waals surface area contributed by atoms with Crippen LogP contribution in [0.4, 0.5) is 14.9 Å². The van der Waals surface area contributed by atoms with Gasteiger partial charge in [-0.1, -0.05) is 0 Å². The van der Waals surface area contributed by atoms with Crippen LogP contribution in [0.1, 0.15) is 18.4 Å². The molecule has 5 nitrogen and oxygen atoms in total. The average molecular weight is 296 g/mol. The normalized spacial score (nSPS) is 15.9. The Morgan fingerprint density at radius 3 is 2.81 bits per heavy atom. The van der Waals surface area contributed by atoms with Crippen molar-refractivity contribution in [2.75, 3.05) is 31.1 Å². The molecular formula is C15H21FN2O3. The predicted molar refractivity (Wildman–Crippen MR) is 77.9 cm³/mol. The van der Waals surface area contributed by atoms with Gasteiger partial charge in [-0.15, -0.1) is 0 Å². The summed E-state index contributed by atoms with van der Waals surface area (Å²) >= 11 is 0. The summed E-state index contributed by atoms with van der Waals surface area (Å²) in [6, 6.07) is 4.79. The second-order valence-electron chi connectivity index (χ2n) is 5.17. The standard InChI is InChI=1S/C15H21FN2O3/c1-11-10-12(16)2-3-14(11)18-7-4-13(5-8-18)21-15(20)17-6-9-19/h2-3,10,13,19H,4-9H2,1H3,(H,17,20). The third-order valence-corrected chi connectivity index (χ3v) is 3.60. The zero-order valence-electron chi connectivity index (χ0n) is 12.1. The molecule has 0 atom stereocenters. The Labute approximate surface area is 123 Å². The highest BCUT2D eigenvalue weighted by Crippen LogP contribution is 2.25. The summed E-state index contributed by atoms with van der Waals surface area (Å²) in [7, 11) is 0. The highest BCUT2D eigenvalue weighted by Gasteiger charge is 2.23. The van der Waals surface area contributed by atoms with Crippen LogP contribution in [0.2, 0.25) is 0 Å². The number of aliphatic hydroxyl groups is 1. The van der Waals surface area contributed by atoms with Gasteiger partial charge in [0.1, 0.15) is 11.9 Å². The van der Waals surface area contributed by atoms with Crippen molar-refractivity contribution in [3.63, 3.8) is 0 Å². The summed E-state index contributed by atoms with van der Waals surface area (Å²) in [5.41, 5.74) is 1.94. The summed E-state index contributed by atoms with van der Waals surface area (Å²) in [4.78, 5) is 13.6. The first-order valence-electron chi connectivity index (χ1n) is 7.16. The summed E-state index contributed by atoms with van der Waals surface area (Å²) in [5.74, 6) is -0.227. The van der Waals surface area contributed by atoms with Crippen LogP contribution in [0.3, 0.4) is 0 Å². The second kappa shape index (κ2) is 7.26. The number of aliphatic hydroxyl groups excluding tert-OH is 1. The predicted octanol–water partition coefficient (Wildman–Crippen LogP) is 1.82. The fraction of sp³-hybridized carbons (Fsp3) is 0.533. The number of hydrogen-bond donors (Lipinski definition) is 2. The van der Waals surface area contributed by atoms with E-state index in [-0.39, 0.29) is 25.1 Å². The van der Waals surface area contributed by atoms with Gasteiger partial charge in [-0.3, -0.25) is 0 Å². The van der Waals surface area contributed by atoms with Gasteiger partial charge in [0.2, 0.25) is 0 Å². The van der Waals surface area contributed by atoms with Crippen molar-refractivity contribution in [1.29, 1.82) is 0 Å². The lowest BCUT2D eigenvalue weighted by atomic mass is 10.1. The highest BCUT2D eigenvalue weighted by atomic mass is 19.1. The highest BCUT2D eigenvalue weighted by molar-refractivity contribution is 5.67. The number of amides is 1. The molecule has 1 aliphatic heterocycles. The first-order chi connectivity index (χ1) is 10.1. The Hall–Kier alpha value is -1.82. The minimum atomic E-state index is -0.486. The van der Waals surface area contributed by atoms with E-state index in [4.69, 9.17) is 9.84 Å². The van der Waals surface area contributed by atoms with E-state index in [1.165, 1.54) is 12.1 Å². The average Bonchev–Trinajstić information content (AvgIpc) is 2.46. The maximum Gasteiger partial charge on any atom is 0.407 e. The molecule has 1 saturated heterocycles. The van der Waals surface area contributed by atoms with Crippen LogP contribution >= 0.6 is 0 Å². The number of alkyl carbamates (subject to hydrolysis) is 1. The number of hydrogen-bond acceptors (Lipinski definition) is 4. The summed E-state index contributed by atoms with van der Waals surface area (Å²) in [6.45, 7) is 3.53. The van der Waals surface area contributed by atoms with Crippen LogP contribution in [-0.4, -0.2) is 43.5 Å². The number of aryl methyl sites for hydroxylation is 1. The first-order valence-corrected chi connectivity index (χ1v) is 7.16. The number of nitrogens with zero attached hydrogens (tertiary/aromatic N) is 1. The van der Waals surface area contributed by atoms with Gasteiger partial charge in [-0.25, -0.2) is 9.18 Å². The van der Waals surface area contributed by atoms with Gasteiger partial charge in [0.25, 0.3) is 0 Å². The Morgan fingerprint density at radius 2 is 2.19 bits per heavy atom. The van der Waals surface area contributed by atoms with E-state index >= 15 is 0 Å². The molecule has 1 aromatic carbocycles. The Balaban J connectivity index is 1.84. The van der Waals surface area contributed by atoms with Crippen LogP contribution in [0, 0.1) is 12.7 Å². The lowest BCUT2D eigenvalue weighted by Gasteiger charge is -2.34. The van der Waals surface area contributed by atoms with Crippen molar-refractivity contribution in [2.24, 2.45) is 0 Å². The number of halogens is 1. The molecular weight excluding hydrogens is 275 g/mol. The van der Waals surface area contributed by atoms with Crippen molar-refractivity contribution in [2.45, 2.75) is 25.9 Å². The third kappa shape index (κ3) is 4.32. The van der Waals surface area contributed by atoms with Crippen LogP contribution in [0.15, 0.2) is 18.2 Å². The number of anilines is 1. The van der Waals surface area contributed by atoms with E-state index in [0.717, 1.165) is 37.2 Å².